The third kappa shape index (κ3) is 1.41. The monoisotopic (exact) mass is 160 g/mol. The van der Waals surface area contributed by atoms with E-state index in [9.17, 15) is 4.79 Å². The lowest BCUT2D eigenvalue weighted by Gasteiger charge is -2.16. The van der Waals surface area contributed by atoms with E-state index in [-0.39, 0.29) is 0 Å². The second-order valence-electron chi connectivity index (χ2n) is 1.97. The number of hydrazone groups is 1. The summed E-state index contributed by atoms with van der Waals surface area (Å²) in [6.07, 6.45) is 0. The van der Waals surface area contributed by atoms with Gasteiger partial charge in [-0.3, -0.25) is 5.01 Å². The van der Waals surface area contributed by atoms with Crippen molar-refractivity contribution < 1.29 is 9.90 Å². The molecule has 1 heterocycles. The molecular formula is C5H8N2O2S. The Bertz CT molecular complexity index is 171. The zero-order chi connectivity index (χ0) is 7.56. The first kappa shape index (κ1) is 7.40. The lowest BCUT2D eigenvalue weighted by Crippen LogP contribution is -2.32. The van der Waals surface area contributed by atoms with Gasteiger partial charge in [-0.2, -0.15) is 5.10 Å². The lowest BCUT2D eigenvalue weighted by molar-refractivity contribution is -0.142. The Morgan fingerprint density at radius 3 is 3.10 bits per heavy atom. The van der Waals surface area contributed by atoms with Gasteiger partial charge in [-0.1, -0.05) is 11.8 Å². The van der Waals surface area contributed by atoms with E-state index in [1.165, 1.54) is 16.8 Å². The number of rotatable bonds is 2. The van der Waals surface area contributed by atoms with E-state index in [4.69, 9.17) is 5.11 Å². The molecule has 0 bridgehead atoms. The van der Waals surface area contributed by atoms with Gasteiger partial charge in [0.2, 0.25) is 0 Å². The van der Waals surface area contributed by atoms with Crippen LogP contribution in [0.5, 0.6) is 0 Å². The Labute approximate surface area is 62.9 Å². The van der Waals surface area contributed by atoms with Crippen LogP contribution in [0, 0.1) is 0 Å². The Morgan fingerprint density at radius 1 is 2.00 bits per heavy atom. The highest BCUT2D eigenvalue weighted by Gasteiger charge is 2.20. The van der Waals surface area contributed by atoms with E-state index >= 15 is 0 Å². The molecule has 0 aromatic carbocycles. The number of carboxylic acid groups (broad SMARTS) is 1. The molecule has 1 atom stereocenters. The lowest BCUT2D eigenvalue weighted by atomic mass is 10.3. The molecule has 1 aliphatic rings. The van der Waals surface area contributed by atoms with Crippen molar-refractivity contribution in [2.45, 2.75) is 13.0 Å². The van der Waals surface area contributed by atoms with E-state index in [0.29, 0.717) is 5.88 Å². The van der Waals surface area contributed by atoms with Crippen LogP contribution in [0.2, 0.25) is 0 Å². The van der Waals surface area contributed by atoms with E-state index < -0.39 is 12.0 Å². The van der Waals surface area contributed by atoms with E-state index in [1.807, 2.05) is 0 Å². The van der Waals surface area contributed by atoms with Gasteiger partial charge in [-0.15, -0.1) is 0 Å². The topological polar surface area (TPSA) is 52.9 Å². The fourth-order valence-corrected chi connectivity index (χ4v) is 1.27. The highest BCUT2D eigenvalue weighted by molar-refractivity contribution is 8.12. The largest absolute Gasteiger partial charge is 0.480 e. The van der Waals surface area contributed by atoms with Gasteiger partial charge in [0.15, 0.2) is 0 Å². The smallest absolute Gasteiger partial charge is 0.327 e. The number of carboxylic acids is 1. The zero-order valence-corrected chi connectivity index (χ0v) is 6.34. The summed E-state index contributed by atoms with van der Waals surface area (Å²) in [7, 11) is 0. The molecule has 0 saturated carbocycles. The van der Waals surface area contributed by atoms with Crippen LogP contribution in [0.4, 0.5) is 0 Å². The summed E-state index contributed by atoms with van der Waals surface area (Å²) in [4.78, 5) is 10.4. The van der Waals surface area contributed by atoms with Crippen LogP contribution >= 0.6 is 11.8 Å². The molecule has 1 aliphatic heterocycles. The molecule has 0 saturated heterocycles. The fourth-order valence-electron chi connectivity index (χ4n) is 0.576. The van der Waals surface area contributed by atoms with Gasteiger partial charge in [-0.05, 0) is 6.92 Å². The maximum atomic E-state index is 10.4. The van der Waals surface area contributed by atoms with E-state index in [0.717, 1.165) is 0 Å². The number of aliphatic carboxylic acids is 1. The Hall–Kier alpha value is -0.710. The van der Waals surface area contributed by atoms with Gasteiger partial charge in [0.1, 0.15) is 6.04 Å². The molecule has 0 amide bonds. The second kappa shape index (κ2) is 2.92. The van der Waals surface area contributed by atoms with Crippen molar-refractivity contribution in [1.29, 1.82) is 0 Å². The maximum absolute atomic E-state index is 10.4. The van der Waals surface area contributed by atoms with Crippen LogP contribution in [-0.2, 0) is 4.79 Å². The summed E-state index contributed by atoms with van der Waals surface area (Å²) < 4.78 is 0. The fraction of sp³-hybridized carbons (Fsp3) is 0.600. The molecule has 5 heteroatoms. The van der Waals surface area contributed by atoms with Crippen molar-refractivity contribution in [3.63, 3.8) is 0 Å². The summed E-state index contributed by atoms with van der Waals surface area (Å²) in [5.74, 6) is -0.187. The number of nitrogens with zero attached hydrogens (tertiary/aromatic N) is 2. The van der Waals surface area contributed by atoms with Gasteiger partial charge >= 0.3 is 5.97 Å². The average Bonchev–Trinajstić information content (AvgIpc) is 2.36. The number of thioether (sulfide) groups is 1. The normalized spacial score (nSPS) is 19.5. The molecule has 4 nitrogen and oxygen atoms in total. The SMILES string of the molecule is CC(C(=O)O)N1CSC=N1. The van der Waals surface area contributed by atoms with Crippen LogP contribution in [-0.4, -0.2) is 33.6 Å². The van der Waals surface area contributed by atoms with E-state index in [1.54, 1.807) is 12.5 Å². The van der Waals surface area contributed by atoms with Crippen molar-refractivity contribution in [2.75, 3.05) is 5.88 Å². The highest BCUT2D eigenvalue weighted by atomic mass is 32.2. The molecule has 0 spiro atoms. The number of hydrogen-bond donors (Lipinski definition) is 1. The summed E-state index contributed by atoms with van der Waals surface area (Å²) in [5.41, 5.74) is 1.65. The van der Waals surface area contributed by atoms with Crippen LogP contribution in [0.25, 0.3) is 0 Å². The average molecular weight is 160 g/mol. The van der Waals surface area contributed by atoms with Crippen molar-refractivity contribution in [3.8, 4) is 0 Å². The van der Waals surface area contributed by atoms with Crippen LogP contribution < -0.4 is 0 Å². The van der Waals surface area contributed by atoms with Crippen LogP contribution in [0.3, 0.4) is 0 Å². The number of hydrogen-bond acceptors (Lipinski definition) is 4. The highest BCUT2D eigenvalue weighted by Crippen LogP contribution is 2.12. The molecule has 1 N–H and O–H groups in total. The molecule has 56 valence electrons. The minimum atomic E-state index is -0.834. The molecule has 0 aromatic heterocycles. The van der Waals surface area contributed by atoms with Gasteiger partial charge in [0, 0.05) is 0 Å². The predicted octanol–water partition coefficient (Wildman–Crippen LogP) is 0.409. The Kier molecular flexibility index (Phi) is 2.16. The zero-order valence-electron chi connectivity index (χ0n) is 5.52. The third-order valence-corrected chi connectivity index (χ3v) is 1.94. The second-order valence-corrected chi connectivity index (χ2v) is 2.77. The van der Waals surface area contributed by atoms with Crippen molar-refractivity contribution in [3.05, 3.63) is 0 Å². The minimum Gasteiger partial charge on any atom is -0.480 e. The summed E-state index contributed by atoms with van der Waals surface area (Å²) in [5, 5.41) is 13.9. The quantitative estimate of drug-likeness (QED) is 0.635. The molecule has 1 unspecified atom stereocenters. The third-order valence-electron chi connectivity index (χ3n) is 1.28. The molecule has 1 rings (SSSR count). The van der Waals surface area contributed by atoms with Crippen LogP contribution in [0.15, 0.2) is 5.10 Å². The molecule has 0 aromatic rings. The molecule has 0 radical (unpaired) electrons. The van der Waals surface area contributed by atoms with Crippen molar-refractivity contribution in [2.24, 2.45) is 5.10 Å². The van der Waals surface area contributed by atoms with Crippen molar-refractivity contribution >= 4 is 23.3 Å². The minimum absolute atomic E-state index is 0.508. The first-order valence-corrected chi connectivity index (χ1v) is 3.90. The molecular weight excluding hydrogens is 152 g/mol. The summed E-state index contributed by atoms with van der Waals surface area (Å²) in [6.45, 7) is 1.62. The Morgan fingerprint density at radius 2 is 2.70 bits per heavy atom. The van der Waals surface area contributed by atoms with Gasteiger partial charge in [0.25, 0.3) is 0 Å². The maximum Gasteiger partial charge on any atom is 0.327 e. The molecule has 10 heavy (non-hydrogen) atoms. The van der Waals surface area contributed by atoms with Gasteiger partial charge in [0.05, 0.1) is 11.4 Å². The first-order valence-electron chi connectivity index (χ1n) is 2.85. The van der Waals surface area contributed by atoms with Crippen molar-refractivity contribution in [1.82, 2.24) is 5.01 Å². The summed E-state index contributed by atoms with van der Waals surface area (Å²) in [6, 6.07) is -0.508. The van der Waals surface area contributed by atoms with Gasteiger partial charge < -0.3 is 5.11 Å². The summed E-state index contributed by atoms with van der Waals surface area (Å²) >= 11 is 1.50. The van der Waals surface area contributed by atoms with Gasteiger partial charge in [-0.25, -0.2) is 4.79 Å². The van der Waals surface area contributed by atoms with E-state index in [2.05, 4.69) is 5.10 Å². The number of carbonyl (C=O) groups is 1. The predicted molar refractivity (Wildman–Crippen MR) is 39.9 cm³/mol. The van der Waals surface area contributed by atoms with Crippen LogP contribution in [0.1, 0.15) is 6.92 Å². The molecule has 0 aliphatic carbocycles. The standard InChI is InChI=1S/C5H8N2O2S/c1-4(5(8)9)7-3-10-2-6-7/h2,4H,3H2,1H3,(H,8,9). The molecule has 0 fully saturated rings. The Balaban J connectivity index is 2.48. The first-order chi connectivity index (χ1) is 4.72.